The fourth-order valence-electron chi connectivity index (χ4n) is 2.22. The van der Waals surface area contributed by atoms with Crippen LogP contribution in [0.25, 0.3) is 0 Å². The van der Waals surface area contributed by atoms with E-state index in [0.29, 0.717) is 6.04 Å². The Kier molecular flexibility index (Phi) is 8.91. The summed E-state index contributed by atoms with van der Waals surface area (Å²) < 4.78 is 0. The minimum absolute atomic E-state index is 0. The van der Waals surface area contributed by atoms with Crippen molar-refractivity contribution in [2.24, 2.45) is 5.92 Å². The first kappa shape index (κ1) is 15.9. The van der Waals surface area contributed by atoms with Gasteiger partial charge in [0.2, 0.25) is 0 Å². The molecule has 1 fully saturated rings. The molecule has 1 N–H and O–H groups in total. The van der Waals surface area contributed by atoms with Gasteiger partial charge in [0, 0.05) is 13.2 Å². The number of thiol groups is 1. The van der Waals surface area contributed by atoms with Gasteiger partial charge in [0.1, 0.15) is 0 Å². The van der Waals surface area contributed by atoms with Gasteiger partial charge in [-0.3, -0.25) is 0 Å². The number of nitrogens with one attached hydrogen (secondary N) is 1. The van der Waals surface area contributed by atoms with Crippen LogP contribution in [0.4, 0.5) is 0 Å². The van der Waals surface area contributed by atoms with E-state index >= 15 is 0 Å². The fraction of sp³-hybridized carbons (Fsp3) is 0.857. The predicted molar refractivity (Wildman–Crippen MR) is 80.0 cm³/mol. The molecular weight excluding hydrogens is 214 g/mol. The van der Waals surface area contributed by atoms with Crippen LogP contribution in [0.2, 0.25) is 0 Å². The third-order valence-corrected chi connectivity index (χ3v) is 3.09. The van der Waals surface area contributed by atoms with Gasteiger partial charge in [0.25, 0.3) is 0 Å². The van der Waals surface area contributed by atoms with E-state index in [1.807, 2.05) is 13.8 Å². The lowest BCUT2D eigenvalue weighted by Crippen LogP contribution is -2.28. The summed E-state index contributed by atoms with van der Waals surface area (Å²) in [5, 5.41) is 3.55. The highest BCUT2D eigenvalue weighted by atomic mass is 32.1. The Hall–Kier alpha value is -0.110. The first-order valence-electron chi connectivity index (χ1n) is 6.77. The highest BCUT2D eigenvalue weighted by molar-refractivity contribution is 7.84. The van der Waals surface area contributed by atoms with E-state index in [1.54, 1.807) is 0 Å². The lowest BCUT2D eigenvalue weighted by atomic mass is 9.86. The van der Waals surface area contributed by atoms with Gasteiger partial charge in [0.05, 0.1) is 0 Å². The van der Waals surface area contributed by atoms with E-state index in [4.69, 9.17) is 0 Å². The van der Waals surface area contributed by atoms with Crippen LogP contribution in [0, 0.1) is 5.92 Å². The Morgan fingerprint density at radius 3 is 2.06 bits per heavy atom. The third kappa shape index (κ3) is 5.83. The van der Waals surface area contributed by atoms with Crippen LogP contribution in [-0.4, -0.2) is 6.04 Å². The summed E-state index contributed by atoms with van der Waals surface area (Å²) in [7, 11) is 0. The maximum Gasteiger partial charge on any atom is 0.0231 e. The second-order valence-corrected chi connectivity index (χ2v) is 5.30. The number of hydrogen-bond donors (Lipinski definition) is 2. The molecule has 1 nitrogen and oxygen atoms in total. The topological polar surface area (TPSA) is 12.0 Å². The number of rotatable bonds is 3. The first-order chi connectivity index (χ1) is 7.61. The Morgan fingerprint density at radius 1 is 1.19 bits per heavy atom. The van der Waals surface area contributed by atoms with E-state index in [1.165, 1.54) is 42.7 Å². The first-order valence-corrected chi connectivity index (χ1v) is 7.22. The lowest BCUT2D eigenvalue weighted by Gasteiger charge is -2.28. The van der Waals surface area contributed by atoms with Crippen LogP contribution < -0.4 is 5.32 Å². The predicted octanol–water partition coefficient (Wildman–Crippen LogP) is 5.00. The fourth-order valence-corrected chi connectivity index (χ4v) is 2.47. The summed E-state index contributed by atoms with van der Waals surface area (Å²) in [6, 6.07) is 0.522. The van der Waals surface area contributed by atoms with Crippen LogP contribution >= 0.6 is 12.6 Å². The normalized spacial score (nSPS) is 18.7. The van der Waals surface area contributed by atoms with Gasteiger partial charge < -0.3 is 5.32 Å². The summed E-state index contributed by atoms with van der Waals surface area (Å²) in [6.07, 6.45) is 6.86. The molecule has 1 aliphatic rings. The molecule has 0 heterocycles. The maximum atomic E-state index is 4.50. The van der Waals surface area contributed by atoms with E-state index in [0.717, 1.165) is 5.92 Å². The summed E-state index contributed by atoms with van der Waals surface area (Å²) >= 11 is 4.50. The van der Waals surface area contributed by atoms with Crippen molar-refractivity contribution in [3.05, 3.63) is 10.6 Å². The minimum atomic E-state index is 0. The van der Waals surface area contributed by atoms with Crippen molar-refractivity contribution in [1.82, 2.24) is 5.32 Å². The van der Waals surface area contributed by atoms with E-state index in [-0.39, 0.29) is 1.43 Å². The largest absolute Gasteiger partial charge is 0.385 e. The van der Waals surface area contributed by atoms with Crippen molar-refractivity contribution >= 4 is 12.6 Å². The third-order valence-electron chi connectivity index (χ3n) is 2.85. The second kappa shape index (κ2) is 8.98. The summed E-state index contributed by atoms with van der Waals surface area (Å²) in [4.78, 5) is 1.17. The Morgan fingerprint density at radius 2 is 1.69 bits per heavy atom. The molecule has 0 spiro atoms. The van der Waals surface area contributed by atoms with Crippen molar-refractivity contribution < 1.29 is 1.43 Å². The Bertz CT molecular complexity index is 204. The van der Waals surface area contributed by atoms with Crippen LogP contribution in [0.5, 0.6) is 0 Å². The van der Waals surface area contributed by atoms with Crippen molar-refractivity contribution in [3.63, 3.8) is 0 Å². The smallest absolute Gasteiger partial charge is 0.0231 e. The standard InChI is InChI=1S/C12H23NS.C2H6.H2/c1-9(2)13-12(10(3)14)11-7-5-4-6-8-11;1-2;/h9,11,13-14H,4-8H2,1-3H3;1-2H3;1H/b12-10-;;. The van der Waals surface area contributed by atoms with Crippen LogP contribution in [0.3, 0.4) is 0 Å². The molecule has 0 aromatic carbocycles. The summed E-state index contributed by atoms with van der Waals surface area (Å²) in [5.41, 5.74) is 1.39. The molecule has 1 aliphatic carbocycles. The van der Waals surface area contributed by atoms with Crippen LogP contribution in [-0.2, 0) is 0 Å². The van der Waals surface area contributed by atoms with Gasteiger partial charge in [-0.1, -0.05) is 33.1 Å². The average Bonchev–Trinajstić information content (AvgIpc) is 2.29. The average molecular weight is 245 g/mol. The van der Waals surface area contributed by atoms with Crippen molar-refractivity contribution in [1.29, 1.82) is 0 Å². The second-order valence-electron chi connectivity index (χ2n) is 4.63. The molecule has 16 heavy (non-hydrogen) atoms. The molecule has 0 bridgehead atoms. The Balaban J connectivity index is 0. The molecule has 1 rings (SSSR count). The molecule has 0 aliphatic heterocycles. The highest BCUT2D eigenvalue weighted by Crippen LogP contribution is 2.30. The van der Waals surface area contributed by atoms with Crippen molar-refractivity contribution in [2.45, 2.75) is 72.8 Å². The molecular formula is C14H31NS. The Labute approximate surface area is 109 Å². The van der Waals surface area contributed by atoms with Gasteiger partial charge in [-0.25, -0.2) is 0 Å². The van der Waals surface area contributed by atoms with Gasteiger partial charge in [-0.2, -0.15) is 0 Å². The molecule has 2 heteroatoms. The quantitative estimate of drug-likeness (QED) is 0.667. The molecule has 0 saturated heterocycles. The molecule has 0 atom stereocenters. The molecule has 0 unspecified atom stereocenters. The summed E-state index contributed by atoms with van der Waals surface area (Å²) in [5.74, 6) is 0.739. The monoisotopic (exact) mass is 245 g/mol. The minimum Gasteiger partial charge on any atom is -0.385 e. The van der Waals surface area contributed by atoms with Gasteiger partial charge in [0.15, 0.2) is 0 Å². The zero-order valence-corrected chi connectivity index (χ0v) is 12.5. The molecule has 0 amide bonds. The maximum absolute atomic E-state index is 4.50. The number of hydrogen-bond acceptors (Lipinski definition) is 2. The zero-order valence-electron chi connectivity index (χ0n) is 11.6. The van der Waals surface area contributed by atoms with Gasteiger partial charge >= 0.3 is 0 Å². The van der Waals surface area contributed by atoms with E-state index < -0.39 is 0 Å². The lowest BCUT2D eigenvalue weighted by molar-refractivity contribution is 0.378. The molecule has 0 aromatic rings. The van der Waals surface area contributed by atoms with Crippen molar-refractivity contribution in [2.75, 3.05) is 0 Å². The number of allylic oxidation sites excluding steroid dienone is 2. The SMILES string of the molecule is C/C(S)=C(/NC(C)C)C1CCCCC1.CC.[HH]. The molecule has 98 valence electrons. The van der Waals surface area contributed by atoms with Gasteiger partial charge in [-0.05, 0) is 44.4 Å². The summed E-state index contributed by atoms with van der Waals surface area (Å²) in [6.45, 7) is 10.5. The highest BCUT2D eigenvalue weighted by Gasteiger charge is 2.19. The van der Waals surface area contributed by atoms with E-state index in [9.17, 15) is 0 Å². The molecule has 0 aromatic heterocycles. The van der Waals surface area contributed by atoms with Gasteiger partial charge in [-0.15, -0.1) is 12.6 Å². The van der Waals surface area contributed by atoms with Crippen molar-refractivity contribution in [3.8, 4) is 0 Å². The van der Waals surface area contributed by atoms with Crippen LogP contribution in [0.15, 0.2) is 10.6 Å². The zero-order chi connectivity index (χ0) is 12.6. The van der Waals surface area contributed by atoms with Crippen LogP contribution in [0.1, 0.15) is 68.1 Å². The molecule has 0 radical (unpaired) electrons. The van der Waals surface area contributed by atoms with E-state index in [2.05, 4.69) is 38.7 Å². The molecule has 1 saturated carbocycles.